The minimum atomic E-state index is -4.50. The van der Waals surface area contributed by atoms with E-state index in [9.17, 15) is 24.1 Å². The van der Waals surface area contributed by atoms with Gasteiger partial charge in [-0.15, -0.1) is 0 Å². The number of alkyl halides is 2. The van der Waals surface area contributed by atoms with Crippen molar-refractivity contribution < 1.29 is 37.4 Å². The Bertz CT molecular complexity index is 1340. The van der Waals surface area contributed by atoms with Crippen LogP contribution >= 0.6 is 19.3 Å². The van der Waals surface area contributed by atoms with E-state index in [-0.39, 0.29) is 11.9 Å². The van der Waals surface area contributed by atoms with Crippen LogP contribution < -0.4 is 20.9 Å². The summed E-state index contributed by atoms with van der Waals surface area (Å²) in [7, 11) is -4.50. The molecule has 4 rings (SSSR count). The van der Waals surface area contributed by atoms with Gasteiger partial charge in [0.05, 0.1) is 0 Å². The predicted molar refractivity (Wildman–Crippen MR) is 132 cm³/mol. The average Bonchev–Trinajstić information content (AvgIpc) is 3.35. The zero-order valence-corrected chi connectivity index (χ0v) is 22.4. The molecule has 1 aliphatic heterocycles. The number of rotatable bonds is 11. The van der Waals surface area contributed by atoms with Crippen LogP contribution in [-0.2, 0) is 23.4 Å². The fourth-order valence-electron chi connectivity index (χ4n) is 4.14. The lowest BCUT2D eigenvalue weighted by Crippen LogP contribution is -2.47. The van der Waals surface area contributed by atoms with E-state index in [0.717, 1.165) is 12.3 Å². The first-order valence-electron chi connectivity index (χ1n) is 11.9. The van der Waals surface area contributed by atoms with E-state index in [1.165, 1.54) is 19.1 Å². The van der Waals surface area contributed by atoms with Crippen LogP contribution in [0.3, 0.4) is 0 Å². The number of ether oxygens (including phenoxy) is 2. The molecule has 0 spiro atoms. The third-order valence-electron chi connectivity index (χ3n) is 6.38. The molecule has 1 aromatic carbocycles. The van der Waals surface area contributed by atoms with Gasteiger partial charge in [-0.3, -0.25) is 23.7 Å². The highest BCUT2D eigenvalue weighted by atomic mass is 35.5. The summed E-state index contributed by atoms with van der Waals surface area (Å²) in [6, 6.07) is 7.61. The van der Waals surface area contributed by atoms with Gasteiger partial charge in [0.1, 0.15) is 30.1 Å². The van der Waals surface area contributed by atoms with Gasteiger partial charge in [0.2, 0.25) is 0 Å². The topological polar surface area (TPSA) is 158 Å². The number of carbonyl (C=O) groups excluding carboxylic acids is 1. The maximum Gasteiger partial charge on any atom is 0.459 e. The Kier molecular flexibility index (Phi) is 7.91. The standard InChI is InChI=1S/C23H28ClFN3O9P/c1-4-14(5-2)34-19(30)13(3)27-38(33,36-15-9-7-6-8-10-15)37-18-17-22(18,32)23(24,25)20(35-17)28-12-11-16(29)26-21(28)31/h6-14,17-18,20,32H,4-5H2,1-3H3,(H,27,33)(H,26,29,31)/t13-,17+,18?,20+,22-,23-,38?/m0/s1. The highest BCUT2D eigenvalue weighted by Crippen LogP contribution is 2.67. The molecule has 0 radical (unpaired) electrons. The Morgan fingerprint density at radius 2 is 1.95 bits per heavy atom. The second-order valence-corrected chi connectivity index (χ2v) is 11.2. The zero-order valence-electron chi connectivity index (χ0n) is 20.7. The van der Waals surface area contributed by atoms with Gasteiger partial charge in [0.25, 0.3) is 10.7 Å². The molecule has 7 atom stereocenters. The van der Waals surface area contributed by atoms with Gasteiger partial charge >= 0.3 is 19.4 Å². The molecule has 1 aliphatic carbocycles. The van der Waals surface area contributed by atoms with Crippen molar-refractivity contribution in [2.45, 2.75) is 74.9 Å². The third-order valence-corrected chi connectivity index (χ3v) is 8.53. The highest BCUT2D eigenvalue weighted by Gasteiger charge is 2.87. The molecule has 0 amide bonds. The maximum atomic E-state index is 15.8. The maximum absolute atomic E-state index is 15.8. The summed E-state index contributed by atoms with van der Waals surface area (Å²) in [6.45, 7) is 5.08. The number of hydrogen-bond donors (Lipinski definition) is 3. The van der Waals surface area contributed by atoms with E-state index in [1.807, 2.05) is 18.8 Å². The first-order valence-corrected chi connectivity index (χ1v) is 13.9. The number of esters is 1. The Morgan fingerprint density at radius 3 is 2.50 bits per heavy atom. The van der Waals surface area contributed by atoms with Crippen molar-refractivity contribution in [2.75, 3.05) is 0 Å². The van der Waals surface area contributed by atoms with Crippen molar-refractivity contribution >= 4 is 25.3 Å². The lowest BCUT2D eigenvalue weighted by atomic mass is 10.1. The zero-order chi connectivity index (χ0) is 27.9. The summed E-state index contributed by atoms with van der Waals surface area (Å²) < 4.78 is 52.2. The first-order chi connectivity index (χ1) is 17.9. The number of aromatic nitrogens is 2. The number of para-hydroxylation sites is 1. The van der Waals surface area contributed by atoms with Crippen molar-refractivity contribution in [2.24, 2.45) is 0 Å². The number of fused-ring (bicyclic) bond motifs is 1. The second-order valence-electron chi connectivity index (χ2n) is 9.03. The van der Waals surface area contributed by atoms with Gasteiger partial charge in [0.15, 0.2) is 11.8 Å². The number of carbonyl (C=O) groups is 1. The van der Waals surface area contributed by atoms with E-state index in [1.54, 1.807) is 18.2 Å². The molecule has 1 saturated carbocycles. The first kappa shape index (κ1) is 28.5. The molecule has 2 aliphatic rings. The lowest BCUT2D eigenvalue weighted by Gasteiger charge is -2.30. The lowest BCUT2D eigenvalue weighted by molar-refractivity contribution is -0.151. The van der Waals surface area contributed by atoms with E-state index < -0.39 is 60.2 Å². The molecule has 208 valence electrons. The van der Waals surface area contributed by atoms with E-state index in [0.29, 0.717) is 17.4 Å². The summed E-state index contributed by atoms with van der Waals surface area (Å²) in [5, 5.41) is 10.4. The van der Waals surface area contributed by atoms with Crippen LogP contribution in [0.15, 0.2) is 52.2 Å². The Hall–Kier alpha value is -2.54. The van der Waals surface area contributed by atoms with Crippen molar-refractivity contribution in [3.8, 4) is 5.75 Å². The number of hydrogen-bond acceptors (Lipinski definition) is 9. The molecule has 0 bridgehead atoms. The van der Waals surface area contributed by atoms with Crippen LogP contribution in [0.1, 0.15) is 39.8 Å². The fourth-order valence-corrected chi connectivity index (χ4v) is 6.22. The minimum Gasteiger partial charge on any atom is -0.461 e. The molecule has 1 saturated heterocycles. The van der Waals surface area contributed by atoms with Crippen LogP contribution in [0.25, 0.3) is 0 Å². The molecular formula is C23H28ClFN3O9P. The van der Waals surface area contributed by atoms with Gasteiger partial charge in [-0.25, -0.2) is 13.8 Å². The van der Waals surface area contributed by atoms with Gasteiger partial charge in [-0.05, 0) is 31.9 Å². The number of nitrogens with zero attached hydrogens (tertiary/aromatic N) is 1. The van der Waals surface area contributed by atoms with Crippen LogP contribution in [0, 0.1) is 0 Å². The van der Waals surface area contributed by atoms with Crippen LogP contribution in [0.5, 0.6) is 5.75 Å². The van der Waals surface area contributed by atoms with Crippen LogP contribution in [-0.4, -0.2) is 55.7 Å². The molecular weight excluding hydrogens is 548 g/mol. The molecule has 38 heavy (non-hydrogen) atoms. The predicted octanol–water partition coefficient (Wildman–Crippen LogP) is 2.37. The molecule has 1 aromatic heterocycles. The number of halogens is 2. The molecule has 2 unspecified atom stereocenters. The van der Waals surface area contributed by atoms with Gasteiger partial charge in [-0.1, -0.05) is 43.6 Å². The molecule has 2 fully saturated rings. The number of nitrogens with one attached hydrogen (secondary N) is 2. The summed E-state index contributed by atoms with van der Waals surface area (Å²) >= 11 is 6.04. The van der Waals surface area contributed by atoms with E-state index in [4.69, 9.17) is 30.1 Å². The summed E-state index contributed by atoms with van der Waals surface area (Å²) in [5.41, 5.74) is -4.29. The van der Waals surface area contributed by atoms with Gasteiger partial charge in [-0.2, -0.15) is 5.09 Å². The monoisotopic (exact) mass is 575 g/mol. The molecule has 12 nitrogen and oxygen atoms in total. The average molecular weight is 576 g/mol. The molecule has 2 aromatic rings. The Labute approximate surface area is 221 Å². The number of aromatic amines is 1. The second kappa shape index (κ2) is 10.6. The van der Waals surface area contributed by atoms with Crippen LogP contribution in [0.2, 0.25) is 0 Å². The molecule has 3 N–H and O–H groups in total. The molecule has 15 heteroatoms. The number of aliphatic hydroxyl groups is 1. The SMILES string of the molecule is CCC(CC)OC(=O)[C@H](C)NP(=O)(Oc1ccccc1)OC1[C@H]2O[C@@H](n3ccc(=O)[nH]c3=O)[C@@](F)(Cl)[C@@]12O. The molecule has 2 heterocycles. The minimum absolute atomic E-state index is 0.0951. The fraction of sp³-hybridized carbons (Fsp3) is 0.522. The van der Waals surface area contributed by atoms with Crippen molar-refractivity contribution in [1.29, 1.82) is 0 Å². The number of benzene rings is 1. The van der Waals surface area contributed by atoms with Gasteiger partial charge in [0, 0.05) is 12.3 Å². The van der Waals surface area contributed by atoms with Crippen molar-refractivity contribution in [3.05, 3.63) is 63.4 Å². The Balaban J connectivity index is 1.55. The van der Waals surface area contributed by atoms with Gasteiger partial charge < -0.3 is 19.1 Å². The van der Waals surface area contributed by atoms with E-state index in [2.05, 4.69) is 5.09 Å². The van der Waals surface area contributed by atoms with E-state index >= 15 is 4.39 Å². The third kappa shape index (κ3) is 5.18. The van der Waals surface area contributed by atoms with Crippen LogP contribution in [0.4, 0.5) is 4.39 Å². The van der Waals surface area contributed by atoms with Crippen molar-refractivity contribution in [3.63, 3.8) is 0 Å². The quantitative estimate of drug-likeness (QED) is 0.206. The smallest absolute Gasteiger partial charge is 0.459 e. The Morgan fingerprint density at radius 1 is 1.29 bits per heavy atom. The summed E-state index contributed by atoms with van der Waals surface area (Å²) in [4.78, 5) is 38.0. The largest absolute Gasteiger partial charge is 0.461 e. The van der Waals surface area contributed by atoms with Crippen molar-refractivity contribution in [1.82, 2.24) is 14.6 Å². The highest BCUT2D eigenvalue weighted by molar-refractivity contribution is 7.52. The summed E-state index contributed by atoms with van der Waals surface area (Å²) in [5.74, 6) is -0.627. The normalized spacial score (nSPS) is 30.3. The summed E-state index contributed by atoms with van der Waals surface area (Å²) in [6.07, 6.45) is -3.14. The number of H-pyrrole nitrogens is 1.